The molecule has 0 aliphatic carbocycles. The maximum Gasteiger partial charge on any atom is 0.109 e. The van der Waals surface area contributed by atoms with Crippen molar-refractivity contribution in [3.05, 3.63) is 18.2 Å². The van der Waals surface area contributed by atoms with Crippen LogP contribution < -0.4 is 5.73 Å². The average Bonchev–Trinajstić information content (AvgIpc) is 2.54. The van der Waals surface area contributed by atoms with Crippen molar-refractivity contribution >= 4 is 0 Å². The summed E-state index contributed by atoms with van der Waals surface area (Å²) in [5.41, 5.74) is 5.49. The lowest BCUT2D eigenvalue weighted by molar-refractivity contribution is 0.579. The van der Waals surface area contributed by atoms with Crippen molar-refractivity contribution < 1.29 is 0 Å². The van der Waals surface area contributed by atoms with Crippen LogP contribution in [0.4, 0.5) is 0 Å². The van der Waals surface area contributed by atoms with Gasteiger partial charge in [0, 0.05) is 25.4 Å². The molecule has 1 heterocycles. The molecule has 0 amide bonds. The summed E-state index contributed by atoms with van der Waals surface area (Å²) in [5, 5.41) is 0. The Morgan fingerprint density at radius 2 is 2.31 bits per heavy atom. The molecular formula is C10H19N3. The molecule has 0 unspecified atom stereocenters. The van der Waals surface area contributed by atoms with E-state index in [0.29, 0.717) is 6.54 Å². The van der Waals surface area contributed by atoms with Gasteiger partial charge in [-0.2, -0.15) is 0 Å². The van der Waals surface area contributed by atoms with Gasteiger partial charge in [-0.1, -0.05) is 19.8 Å². The van der Waals surface area contributed by atoms with Crippen molar-refractivity contribution in [2.45, 2.75) is 39.2 Å². The third kappa shape index (κ3) is 3.19. The zero-order valence-corrected chi connectivity index (χ0v) is 8.37. The van der Waals surface area contributed by atoms with Crippen molar-refractivity contribution in [2.75, 3.05) is 6.54 Å². The Bertz CT molecular complexity index is 230. The van der Waals surface area contributed by atoms with Crippen LogP contribution in [0.1, 0.15) is 32.0 Å². The highest BCUT2D eigenvalue weighted by Crippen LogP contribution is 2.02. The van der Waals surface area contributed by atoms with E-state index in [4.69, 9.17) is 5.73 Å². The third-order valence-electron chi connectivity index (χ3n) is 2.17. The Kier molecular flexibility index (Phi) is 4.54. The molecule has 0 saturated carbocycles. The molecule has 0 bridgehead atoms. The first kappa shape index (κ1) is 10.3. The SMILES string of the molecule is CCCCCn1ccnc1CCN. The fourth-order valence-corrected chi connectivity index (χ4v) is 1.43. The number of nitrogens with zero attached hydrogens (tertiary/aromatic N) is 2. The smallest absolute Gasteiger partial charge is 0.109 e. The van der Waals surface area contributed by atoms with Gasteiger partial charge in [0.05, 0.1) is 0 Å². The Hall–Kier alpha value is -0.830. The summed E-state index contributed by atoms with van der Waals surface area (Å²) in [6.07, 6.45) is 8.59. The monoisotopic (exact) mass is 181 g/mol. The molecule has 0 atom stereocenters. The molecule has 0 radical (unpaired) electrons. The zero-order chi connectivity index (χ0) is 9.52. The minimum absolute atomic E-state index is 0.685. The van der Waals surface area contributed by atoms with Crippen LogP contribution in [0.3, 0.4) is 0 Å². The number of aryl methyl sites for hydroxylation is 1. The second-order valence-corrected chi connectivity index (χ2v) is 3.28. The molecule has 0 aliphatic rings. The summed E-state index contributed by atoms with van der Waals surface area (Å²) in [4.78, 5) is 4.27. The summed E-state index contributed by atoms with van der Waals surface area (Å²) in [6, 6.07) is 0. The molecule has 1 aromatic rings. The third-order valence-corrected chi connectivity index (χ3v) is 2.17. The molecule has 2 N–H and O–H groups in total. The number of imidazole rings is 1. The van der Waals surface area contributed by atoms with Crippen LogP contribution in [-0.2, 0) is 13.0 Å². The molecule has 1 aromatic heterocycles. The van der Waals surface area contributed by atoms with Gasteiger partial charge in [0.15, 0.2) is 0 Å². The largest absolute Gasteiger partial charge is 0.335 e. The standard InChI is InChI=1S/C10H19N3/c1-2-3-4-8-13-9-7-12-10(13)5-6-11/h7,9H,2-6,8,11H2,1H3. The summed E-state index contributed by atoms with van der Waals surface area (Å²) in [6.45, 7) is 3.99. The molecule has 74 valence electrons. The topological polar surface area (TPSA) is 43.8 Å². The van der Waals surface area contributed by atoms with E-state index >= 15 is 0 Å². The number of hydrogen-bond acceptors (Lipinski definition) is 2. The molecule has 1 rings (SSSR count). The van der Waals surface area contributed by atoms with E-state index in [2.05, 4.69) is 16.5 Å². The van der Waals surface area contributed by atoms with Gasteiger partial charge >= 0.3 is 0 Å². The van der Waals surface area contributed by atoms with E-state index in [9.17, 15) is 0 Å². The van der Waals surface area contributed by atoms with Crippen molar-refractivity contribution in [3.63, 3.8) is 0 Å². The predicted molar refractivity (Wildman–Crippen MR) is 54.5 cm³/mol. The van der Waals surface area contributed by atoms with Crippen LogP contribution in [0, 0.1) is 0 Å². The molecule has 0 saturated heterocycles. The summed E-state index contributed by atoms with van der Waals surface area (Å²) >= 11 is 0. The number of rotatable bonds is 6. The van der Waals surface area contributed by atoms with Crippen molar-refractivity contribution in [1.29, 1.82) is 0 Å². The Balaban J connectivity index is 2.40. The van der Waals surface area contributed by atoms with Crippen LogP contribution in [-0.4, -0.2) is 16.1 Å². The Morgan fingerprint density at radius 3 is 3.00 bits per heavy atom. The molecule has 0 fully saturated rings. The Morgan fingerprint density at radius 1 is 1.46 bits per heavy atom. The number of unbranched alkanes of at least 4 members (excludes halogenated alkanes) is 2. The normalized spacial score (nSPS) is 10.6. The number of aromatic nitrogens is 2. The maximum atomic E-state index is 5.49. The number of hydrogen-bond donors (Lipinski definition) is 1. The quantitative estimate of drug-likeness (QED) is 0.677. The van der Waals surface area contributed by atoms with Gasteiger partial charge in [0.2, 0.25) is 0 Å². The lowest BCUT2D eigenvalue weighted by Gasteiger charge is -2.05. The fraction of sp³-hybridized carbons (Fsp3) is 0.700. The highest BCUT2D eigenvalue weighted by Gasteiger charge is 1.99. The molecule has 3 nitrogen and oxygen atoms in total. The highest BCUT2D eigenvalue weighted by atomic mass is 15.1. The Labute approximate surface area is 80.0 Å². The molecule has 0 aromatic carbocycles. The molecule has 0 aliphatic heterocycles. The summed E-state index contributed by atoms with van der Waals surface area (Å²) in [7, 11) is 0. The van der Waals surface area contributed by atoms with E-state index in [1.807, 2.05) is 12.4 Å². The highest BCUT2D eigenvalue weighted by molar-refractivity contribution is 4.92. The van der Waals surface area contributed by atoms with E-state index in [-0.39, 0.29) is 0 Å². The first-order valence-corrected chi connectivity index (χ1v) is 5.08. The lowest BCUT2D eigenvalue weighted by atomic mass is 10.2. The van der Waals surface area contributed by atoms with Crippen LogP contribution in [0.15, 0.2) is 12.4 Å². The van der Waals surface area contributed by atoms with Gasteiger partial charge in [-0.3, -0.25) is 0 Å². The van der Waals surface area contributed by atoms with Gasteiger partial charge in [-0.05, 0) is 13.0 Å². The van der Waals surface area contributed by atoms with Gasteiger partial charge in [0.1, 0.15) is 5.82 Å². The number of nitrogens with two attached hydrogens (primary N) is 1. The van der Waals surface area contributed by atoms with Crippen LogP contribution in [0.2, 0.25) is 0 Å². The average molecular weight is 181 g/mol. The first-order valence-electron chi connectivity index (χ1n) is 5.08. The van der Waals surface area contributed by atoms with Crippen LogP contribution in [0.25, 0.3) is 0 Å². The molecule has 0 spiro atoms. The minimum atomic E-state index is 0.685. The molecule has 3 heteroatoms. The predicted octanol–water partition coefficient (Wildman–Crippen LogP) is 1.57. The van der Waals surface area contributed by atoms with Crippen LogP contribution in [0.5, 0.6) is 0 Å². The van der Waals surface area contributed by atoms with E-state index in [0.717, 1.165) is 18.8 Å². The van der Waals surface area contributed by atoms with Crippen LogP contribution >= 0.6 is 0 Å². The maximum absolute atomic E-state index is 5.49. The van der Waals surface area contributed by atoms with Crippen molar-refractivity contribution in [3.8, 4) is 0 Å². The van der Waals surface area contributed by atoms with Gasteiger partial charge in [-0.15, -0.1) is 0 Å². The minimum Gasteiger partial charge on any atom is -0.335 e. The second kappa shape index (κ2) is 5.75. The second-order valence-electron chi connectivity index (χ2n) is 3.28. The van der Waals surface area contributed by atoms with Crippen molar-refractivity contribution in [1.82, 2.24) is 9.55 Å². The fourth-order valence-electron chi connectivity index (χ4n) is 1.43. The van der Waals surface area contributed by atoms with Gasteiger partial charge in [0.25, 0.3) is 0 Å². The summed E-state index contributed by atoms with van der Waals surface area (Å²) in [5.74, 6) is 1.12. The zero-order valence-electron chi connectivity index (χ0n) is 8.37. The van der Waals surface area contributed by atoms with Crippen molar-refractivity contribution in [2.24, 2.45) is 5.73 Å². The first-order chi connectivity index (χ1) is 6.38. The van der Waals surface area contributed by atoms with Gasteiger partial charge < -0.3 is 10.3 Å². The van der Waals surface area contributed by atoms with E-state index in [1.165, 1.54) is 19.3 Å². The van der Waals surface area contributed by atoms with E-state index in [1.54, 1.807) is 0 Å². The molecule has 13 heavy (non-hydrogen) atoms. The summed E-state index contributed by atoms with van der Waals surface area (Å²) < 4.78 is 2.21. The molecular weight excluding hydrogens is 162 g/mol. The van der Waals surface area contributed by atoms with E-state index < -0.39 is 0 Å². The van der Waals surface area contributed by atoms with Gasteiger partial charge in [-0.25, -0.2) is 4.98 Å². The lowest BCUT2D eigenvalue weighted by Crippen LogP contribution is -2.09.